The molecule has 0 spiro atoms. The lowest BCUT2D eigenvalue weighted by Gasteiger charge is -2.31. The zero-order valence-electron chi connectivity index (χ0n) is 17.7. The fourth-order valence-electron chi connectivity index (χ4n) is 3.40. The molecule has 0 atom stereocenters. The standard InChI is InChI=1S/C21H21F3N6O2S/c1-29-19(14-4-6-25-7-5-14)27-28-20(29)33-13-18(31)26-16-12-15(21(22,23)24)2-3-17(16)30-8-10-32-11-9-30/h2-7,12H,8-11,13H2,1H3,(H,26,31). The number of carbonyl (C=O) groups is 1. The van der Waals surface area contributed by atoms with Crippen LogP contribution in [0.3, 0.4) is 0 Å². The van der Waals surface area contributed by atoms with E-state index in [1.807, 2.05) is 4.90 Å². The molecule has 0 bridgehead atoms. The first-order valence-electron chi connectivity index (χ1n) is 10.1. The molecule has 1 amide bonds. The van der Waals surface area contributed by atoms with Gasteiger partial charge in [-0.3, -0.25) is 9.78 Å². The highest BCUT2D eigenvalue weighted by molar-refractivity contribution is 7.99. The van der Waals surface area contributed by atoms with Gasteiger partial charge in [-0.15, -0.1) is 10.2 Å². The van der Waals surface area contributed by atoms with Crippen molar-refractivity contribution >= 4 is 29.0 Å². The second-order valence-corrected chi connectivity index (χ2v) is 8.21. The Bertz CT molecular complexity index is 1120. The van der Waals surface area contributed by atoms with Gasteiger partial charge < -0.3 is 19.5 Å². The van der Waals surface area contributed by atoms with Crippen LogP contribution < -0.4 is 10.2 Å². The van der Waals surface area contributed by atoms with Crippen molar-refractivity contribution < 1.29 is 22.7 Å². The van der Waals surface area contributed by atoms with Gasteiger partial charge in [0.25, 0.3) is 0 Å². The maximum Gasteiger partial charge on any atom is 0.416 e. The van der Waals surface area contributed by atoms with Crippen molar-refractivity contribution in [2.45, 2.75) is 11.3 Å². The van der Waals surface area contributed by atoms with Crippen molar-refractivity contribution in [1.29, 1.82) is 0 Å². The highest BCUT2D eigenvalue weighted by Gasteiger charge is 2.32. The van der Waals surface area contributed by atoms with E-state index < -0.39 is 17.6 Å². The Kier molecular flexibility index (Phi) is 6.84. The molecule has 0 saturated carbocycles. The first-order valence-corrected chi connectivity index (χ1v) is 11.1. The Labute approximate surface area is 192 Å². The van der Waals surface area contributed by atoms with E-state index >= 15 is 0 Å². The summed E-state index contributed by atoms with van der Waals surface area (Å²) in [6.45, 7) is 1.99. The van der Waals surface area contributed by atoms with Crippen LogP contribution >= 0.6 is 11.8 Å². The van der Waals surface area contributed by atoms with Crippen LogP contribution in [0.15, 0.2) is 47.9 Å². The summed E-state index contributed by atoms with van der Waals surface area (Å²) in [5.74, 6) is 0.135. The third kappa shape index (κ3) is 5.45. The number of pyridine rings is 1. The smallest absolute Gasteiger partial charge is 0.378 e. The van der Waals surface area contributed by atoms with Crippen molar-refractivity contribution in [2.75, 3.05) is 42.3 Å². The molecule has 1 saturated heterocycles. The molecule has 0 aliphatic carbocycles. The molecule has 174 valence electrons. The molecule has 33 heavy (non-hydrogen) atoms. The number of rotatable bonds is 6. The molecule has 3 heterocycles. The van der Waals surface area contributed by atoms with Crippen molar-refractivity contribution in [3.63, 3.8) is 0 Å². The second-order valence-electron chi connectivity index (χ2n) is 7.27. The molecule has 1 aliphatic rings. The Morgan fingerprint density at radius 1 is 1.15 bits per heavy atom. The van der Waals surface area contributed by atoms with Gasteiger partial charge in [0.15, 0.2) is 11.0 Å². The van der Waals surface area contributed by atoms with Crippen molar-refractivity contribution in [2.24, 2.45) is 7.05 Å². The minimum Gasteiger partial charge on any atom is -0.378 e. The molecule has 1 fully saturated rings. The number of thioether (sulfide) groups is 1. The van der Waals surface area contributed by atoms with Gasteiger partial charge >= 0.3 is 6.18 Å². The SMILES string of the molecule is Cn1c(SCC(=O)Nc2cc(C(F)(F)F)ccc2N2CCOCC2)nnc1-c1ccncc1. The average Bonchev–Trinajstić information content (AvgIpc) is 3.18. The van der Waals surface area contributed by atoms with Crippen LogP contribution in [0, 0.1) is 0 Å². The highest BCUT2D eigenvalue weighted by atomic mass is 32.2. The van der Waals surface area contributed by atoms with E-state index in [0.717, 1.165) is 29.5 Å². The molecule has 1 aliphatic heterocycles. The van der Waals surface area contributed by atoms with Crippen LogP contribution in [-0.2, 0) is 22.8 Å². The normalized spacial score (nSPS) is 14.4. The van der Waals surface area contributed by atoms with E-state index in [2.05, 4.69) is 20.5 Å². The topological polar surface area (TPSA) is 85.2 Å². The van der Waals surface area contributed by atoms with Crippen LogP contribution in [0.4, 0.5) is 24.5 Å². The van der Waals surface area contributed by atoms with Gasteiger partial charge in [0.05, 0.1) is 35.9 Å². The number of hydrogen-bond acceptors (Lipinski definition) is 7. The van der Waals surface area contributed by atoms with Gasteiger partial charge in [0.1, 0.15) is 0 Å². The lowest BCUT2D eigenvalue weighted by Crippen LogP contribution is -2.37. The summed E-state index contributed by atoms with van der Waals surface area (Å²) in [6, 6.07) is 6.98. The summed E-state index contributed by atoms with van der Waals surface area (Å²) < 4.78 is 46.9. The molecule has 0 radical (unpaired) electrons. The van der Waals surface area contributed by atoms with Gasteiger partial charge in [-0.05, 0) is 30.3 Å². The van der Waals surface area contributed by atoms with Gasteiger partial charge in [0.2, 0.25) is 5.91 Å². The summed E-state index contributed by atoms with van der Waals surface area (Å²) in [4.78, 5) is 18.5. The van der Waals surface area contributed by atoms with Crippen LogP contribution in [0.2, 0.25) is 0 Å². The Morgan fingerprint density at radius 3 is 2.58 bits per heavy atom. The summed E-state index contributed by atoms with van der Waals surface area (Å²) in [6.07, 6.45) is -1.23. The number of anilines is 2. The molecule has 3 aromatic rings. The van der Waals surface area contributed by atoms with Crippen LogP contribution in [0.5, 0.6) is 0 Å². The van der Waals surface area contributed by atoms with Gasteiger partial charge in [-0.25, -0.2) is 0 Å². The van der Waals surface area contributed by atoms with Gasteiger partial charge in [-0.1, -0.05) is 11.8 Å². The van der Waals surface area contributed by atoms with Crippen molar-refractivity contribution in [3.8, 4) is 11.4 Å². The second kappa shape index (κ2) is 9.79. The molecule has 4 rings (SSSR count). The Balaban J connectivity index is 1.48. The number of nitrogens with one attached hydrogen (secondary N) is 1. The fraction of sp³-hybridized carbons (Fsp3) is 0.333. The van der Waals surface area contributed by atoms with Crippen LogP contribution in [-0.4, -0.2) is 57.7 Å². The Morgan fingerprint density at radius 2 is 1.88 bits per heavy atom. The first kappa shape index (κ1) is 23.1. The zero-order chi connectivity index (χ0) is 23.4. The number of hydrogen-bond donors (Lipinski definition) is 1. The number of alkyl halides is 3. The largest absolute Gasteiger partial charge is 0.416 e. The highest BCUT2D eigenvalue weighted by Crippen LogP contribution is 2.36. The van der Waals surface area contributed by atoms with E-state index in [1.54, 1.807) is 36.1 Å². The fourth-order valence-corrected chi connectivity index (χ4v) is 4.11. The number of amides is 1. The first-order chi connectivity index (χ1) is 15.8. The number of carbonyl (C=O) groups excluding carboxylic acids is 1. The van der Waals surface area contributed by atoms with Crippen LogP contribution in [0.25, 0.3) is 11.4 Å². The predicted octanol–water partition coefficient (Wildman–Crippen LogP) is 3.46. The van der Waals surface area contributed by atoms with E-state index in [1.165, 1.54) is 6.07 Å². The van der Waals surface area contributed by atoms with Crippen LogP contribution in [0.1, 0.15) is 5.56 Å². The van der Waals surface area contributed by atoms with E-state index in [9.17, 15) is 18.0 Å². The third-order valence-electron chi connectivity index (χ3n) is 5.06. The van der Waals surface area contributed by atoms with E-state index in [4.69, 9.17) is 4.74 Å². The summed E-state index contributed by atoms with van der Waals surface area (Å²) in [7, 11) is 1.78. The minimum absolute atomic E-state index is 0.0406. The molecule has 1 aromatic carbocycles. The van der Waals surface area contributed by atoms with Crippen molar-refractivity contribution in [3.05, 3.63) is 48.3 Å². The third-order valence-corrected chi connectivity index (χ3v) is 6.08. The lowest BCUT2D eigenvalue weighted by molar-refractivity contribution is -0.137. The van der Waals surface area contributed by atoms with E-state index in [-0.39, 0.29) is 11.4 Å². The number of halogens is 3. The molecular formula is C21H21F3N6O2S. The minimum atomic E-state index is -4.51. The van der Waals surface area contributed by atoms with E-state index in [0.29, 0.717) is 43.0 Å². The van der Waals surface area contributed by atoms with Gasteiger partial charge in [0, 0.05) is 38.1 Å². The molecule has 12 heteroatoms. The summed E-state index contributed by atoms with van der Waals surface area (Å²) in [5, 5.41) is 11.4. The number of aromatic nitrogens is 4. The molecule has 2 aromatic heterocycles. The summed E-state index contributed by atoms with van der Waals surface area (Å²) >= 11 is 1.15. The van der Waals surface area contributed by atoms with Gasteiger partial charge in [-0.2, -0.15) is 13.2 Å². The van der Waals surface area contributed by atoms with Crippen molar-refractivity contribution in [1.82, 2.24) is 19.7 Å². The quantitative estimate of drug-likeness (QED) is 0.543. The predicted molar refractivity (Wildman–Crippen MR) is 118 cm³/mol. The maximum absolute atomic E-state index is 13.3. The number of benzene rings is 1. The number of morpholine rings is 1. The molecule has 8 nitrogen and oxygen atoms in total. The number of nitrogens with zero attached hydrogens (tertiary/aromatic N) is 5. The molecule has 1 N–H and O–H groups in total. The molecular weight excluding hydrogens is 457 g/mol. The monoisotopic (exact) mass is 478 g/mol. The summed E-state index contributed by atoms with van der Waals surface area (Å²) in [5.41, 5.74) is 0.657. The molecule has 0 unspecified atom stereocenters. The lowest BCUT2D eigenvalue weighted by atomic mass is 10.1. The average molecular weight is 479 g/mol. The number of ether oxygens (including phenoxy) is 1. The Hall–Kier alpha value is -3.12. The maximum atomic E-state index is 13.3. The zero-order valence-corrected chi connectivity index (χ0v) is 18.5.